The van der Waals surface area contributed by atoms with Crippen molar-refractivity contribution in [2.45, 2.75) is 32.2 Å². The van der Waals surface area contributed by atoms with Crippen LogP contribution in [0.5, 0.6) is 0 Å². The normalized spacial score (nSPS) is 17.3. The summed E-state index contributed by atoms with van der Waals surface area (Å²) in [6, 6.07) is 7.35. The molecule has 30 heavy (non-hydrogen) atoms. The number of imidazole rings is 1. The molecule has 1 aromatic carbocycles. The van der Waals surface area contributed by atoms with Crippen LogP contribution >= 0.6 is 0 Å². The van der Waals surface area contributed by atoms with Crippen molar-refractivity contribution in [1.82, 2.24) is 29.5 Å². The first-order chi connectivity index (χ1) is 14.7. The first kappa shape index (κ1) is 19.0. The molecule has 8 heteroatoms. The van der Waals surface area contributed by atoms with Crippen molar-refractivity contribution in [1.29, 1.82) is 0 Å². The summed E-state index contributed by atoms with van der Waals surface area (Å²) in [6.45, 7) is 4.35. The molecule has 2 aliphatic rings. The summed E-state index contributed by atoms with van der Waals surface area (Å²) < 4.78 is 1.61. The second kappa shape index (κ2) is 8.02. The summed E-state index contributed by atoms with van der Waals surface area (Å²) in [4.78, 5) is 36.7. The second-order valence-corrected chi connectivity index (χ2v) is 8.15. The highest BCUT2D eigenvalue weighted by Crippen LogP contribution is 2.17. The van der Waals surface area contributed by atoms with Crippen molar-refractivity contribution in [3.63, 3.8) is 0 Å². The number of hydrogen-bond donors (Lipinski definition) is 1. The van der Waals surface area contributed by atoms with Gasteiger partial charge < -0.3 is 9.88 Å². The van der Waals surface area contributed by atoms with E-state index in [0.29, 0.717) is 25.2 Å². The van der Waals surface area contributed by atoms with E-state index < -0.39 is 0 Å². The zero-order valence-corrected chi connectivity index (χ0v) is 17.0. The van der Waals surface area contributed by atoms with Crippen molar-refractivity contribution < 1.29 is 4.79 Å². The van der Waals surface area contributed by atoms with Crippen molar-refractivity contribution in [2.24, 2.45) is 0 Å². The molecule has 0 atom stereocenters. The molecule has 5 rings (SSSR count). The average molecular weight is 406 g/mol. The molecule has 1 N–H and O–H groups in total. The number of nitrogens with one attached hydrogen (secondary N) is 1. The predicted molar refractivity (Wildman–Crippen MR) is 114 cm³/mol. The highest BCUT2D eigenvalue weighted by molar-refractivity contribution is 5.97. The van der Waals surface area contributed by atoms with E-state index in [4.69, 9.17) is 0 Å². The third-order valence-corrected chi connectivity index (χ3v) is 6.23. The van der Waals surface area contributed by atoms with Gasteiger partial charge in [-0.25, -0.2) is 9.67 Å². The summed E-state index contributed by atoms with van der Waals surface area (Å²) >= 11 is 0. The molecule has 3 heterocycles. The van der Waals surface area contributed by atoms with Gasteiger partial charge in [-0.2, -0.15) is 5.10 Å². The number of aryl methyl sites for hydroxylation is 2. The number of carbonyl (C=O) groups is 1. The molecule has 0 bridgehead atoms. The summed E-state index contributed by atoms with van der Waals surface area (Å²) in [7, 11) is 0. The van der Waals surface area contributed by atoms with E-state index in [1.165, 1.54) is 0 Å². The van der Waals surface area contributed by atoms with Gasteiger partial charge in [0.2, 0.25) is 0 Å². The van der Waals surface area contributed by atoms with Crippen molar-refractivity contribution in [3.8, 4) is 0 Å². The number of amides is 1. The number of hydrogen-bond acceptors (Lipinski definition) is 5. The Balaban J connectivity index is 1.17. The molecule has 0 spiro atoms. The lowest BCUT2D eigenvalue weighted by atomic mass is 9.97. The average Bonchev–Trinajstić information content (AvgIpc) is 3.25. The molecule has 1 amide bonds. The summed E-state index contributed by atoms with van der Waals surface area (Å²) in [5.74, 6) is 0.0544. The number of nitrogens with zero attached hydrogens (tertiary/aromatic N) is 5. The minimum absolute atomic E-state index is 0.00124. The van der Waals surface area contributed by atoms with Crippen molar-refractivity contribution in [2.75, 3.05) is 32.7 Å². The topological polar surface area (TPSA) is 87.1 Å². The SMILES string of the molecule is O=C(c1ccc2nc[nH]c2c1)N1CCN(CCn2nc3c(cc2=O)CCCC3)CC1. The molecular formula is C22H26N6O2. The Morgan fingerprint density at radius 1 is 1.03 bits per heavy atom. The van der Waals surface area contributed by atoms with Crippen LogP contribution in [-0.2, 0) is 19.4 Å². The maximum absolute atomic E-state index is 12.9. The first-order valence-electron chi connectivity index (χ1n) is 10.7. The third kappa shape index (κ3) is 3.75. The lowest BCUT2D eigenvalue weighted by Gasteiger charge is -2.34. The van der Waals surface area contributed by atoms with Crippen LogP contribution in [0.25, 0.3) is 11.0 Å². The third-order valence-electron chi connectivity index (χ3n) is 6.23. The molecule has 0 unspecified atom stereocenters. The monoisotopic (exact) mass is 406 g/mol. The number of rotatable bonds is 4. The smallest absolute Gasteiger partial charge is 0.267 e. The van der Waals surface area contributed by atoms with Crippen LogP contribution in [0.1, 0.15) is 34.5 Å². The maximum Gasteiger partial charge on any atom is 0.267 e. The largest absolute Gasteiger partial charge is 0.345 e. The summed E-state index contributed by atoms with van der Waals surface area (Å²) in [5.41, 5.74) is 4.64. The number of benzene rings is 1. The molecular weight excluding hydrogens is 380 g/mol. The number of fused-ring (bicyclic) bond motifs is 2. The van der Waals surface area contributed by atoms with E-state index in [-0.39, 0.29) is 11.5 Å². The van der Waals surface area contributed by atoms with Gasteiger partial charge in [0.15, 0.2) is 0 Å². The molecule has 1 aliphatic carbocycles. The van der Waals surface area contributed by atoms with Gasteiger partial charge in [-0.05, 0) is 49.4 Å². The van der Waals surface area contributed by atoms with Crippen LogP contribution in [0.2, 0.25) is 0 Å². The van der Waals surface area contributed by atoms with E-state index in [9.17, 15) is 9.59 Å². The molecule has 156 valence electrons. The summed E-state index contributed by atoms with van der Waals surface area (Å²) in [5, 5.41) is 4.61. The van der Waals surface area contributed by atoms with Crippen molar-refractivity contribution in [3.05, 3.63) is 57.8 Å². The van der Waals surface area contributed by atoms with E-state index in [1.807, 2.05) is 23.1 Å². The number of carbonyl (C=O) groups excluding carboxylic acids is 1. The molecule has 3 aromatic rings. The number of piperazine rings is 1. The minimum atomic E-state index is -0.00124. The molecule has 2 aromatic heterocycles. The summed E-state index contributed by atoms with van der Waals surface area (Å²) in [6.07, 6.45) is 5.89. The van der Waals surface area contributed by atoms with Gasteiger partial charge in [-0.1, -0.05) is 0 Å². The lowest BCUT2D eigenvalue weighted by Crippen LogP contribution is -2.49. The van der Waals surface area contributed by atoms with E-state index in [1.54, 1.807) is 17.1 Å². The van der Waals surface area contributed by atoms with Crippen LogP contribution in [0.15, 0.2) is 35.4 Å². The van der Waals surface area contributed by atoms with Gasteiger partial charge >= 0.3 is 0 Å². The van der Waals surface area contributed by atoms with Gasteiger partial charge in [-0.3, -0.25) is 14.5 Å². The van der Waals surface area contributed by atoms with Crippen LogP contribution in [0, 0.1) is 0 Å². The Morgan fingerprint density at radius 3 is 2.73 bits per heavy atom. The Hall–Kier alpha value is -3.00. The standard InChI is InChI=1S/C22H26N6O2/c29-21-14-16-3-1-2-4-18(16)25-28(21)12-9-26-7-10-27(11-8-26)22(30)17-5-6-19-20(13-17)24-15-23-19/h5-6,13-15H,1-4,7-12H2,(H,23,24). The Bertz CT molecular complexity index is 1130. The second-order valence-electron chi connectivity index (χ2n) is 8.15. The van der Waals surface area contributed by atoms with Crippen LogP contribution < -0.4 is 5.56 Å². The van der Waals surface area contributed by atoms with E-state index >= 15 is 0 Å². The zero-order valence-electron chi connectivity index (χ0n) is 17.0. The molecule has 8 nitrogen and oxygen atoms in total. The van der Waals surface area contributed by atoms with Gasteiger partial charge in [-0.15, -0.1) is 0 Å². The maximum atomic E-state index is 12.9. The highest BCUT2D eigenvalue weighted by Gasteiger charge is 2.22. The van der Waals surface area contributed by atoms with Crippen LogP contribution in [0.4, 0.5) is 0 Å². The quantitative estimate of drug-likeness (QED) is 0.709. The number of aromatic amines is 1. The molecule has 0 radical (unpaired) electrons. The van der Waals surface area contributed by atoms with Crippen molar-refractivity contribution >= 4 is 16.9 Å². The fourth-order valence-electron chi connectivity index (χ4n) is 4.42. The van der Waals surface area contributed by atoms with Gasteiger partial charge in [0, 0.05) is 44.4 Å². The van der Waals surface area contributed by atoms with Gasteiger partial charge in [0.1, 0.15) is 0 Å². The number of H-pyrrole nitrogens is 1. The van der Waals surface area contributed by atoms with Gasteiger partial charge in [0.25, 0.3) is 11.5 Å². The fraction of sp³-hybridized carbons (Fsp3) is 0.455. The van der Waals surface area contributed by atoms with E-state index in [2.05, 4.69) is 20.0 Å². The zero-order chi connectivity index (χ0) is 20.5. The molecule has 1 aliphatic heterocycles. The molecule has 0 saturated carbocycles. The molecule has 1 saturated heterocycles. The minimum Gasteiger partial charge on any atom is -0.345 e. The first-order valence-corrected chi connectivity index (χ1v) is 10.7. The predicted octanol–water partition coefficient (Wildman–Crippen LogP) is 1.46. The van der Waals surface area contributed by atoms with E-state index in [0.717, 1.165) is 67.6 Å². The van der Waals surface area contributed by atoms with Gasteiger partial charge in [0.05, 0.1) is 29.6 Å². The highest BCUT2D eigenvalue weighted by atomic mass is 16.2. The Morgan fingerprint density at radius 2 is 1.87 bits per heavy atom. The van der Waals surface area contributed by atoms with Crippen LogP contribution in [0.3, 0.4) is 0 Å². The number of aromatic nitrogens is 4. The molecule has 1 fully saturated rings. The van der Waals surface area contributed by atoms with Crippen LogP contribution in [-0.4, -0.2) is 68.2 Å². The Labute approximate surface area is 174 Å². The lowest BCUT2D eigenvalue weighted by molar-refractivity contribution is 0.0631. The Kier molecular flexibility index (Phi) is 5.08. The fourth-order valence-corrected chi connectivity index (χ4v) is 4.42.